The Bertz CT molecular complexity index is 1370. The predicted molar refractivity (Wildman–Crippen MR) is 137 cm³/mol. The Balaban J connectivity index is 1.79. The van der Waals surface area contributed by atoms with E-state index in [4.69, 9.17) is 27.9 Å². The van der Waals surface area contributed by atoms with Gasteiger partial charge in [0, 0.05) is 52.3 Å². The number of carbonyl (C=O) groups excluding carboxylic acids is 1. The number of fused-ring (bicyclic) bond motifs is 1. The molecule has 1 amide bonds. The molecule has 0 bridgehead atoms. The highest BCUT2D eigenvalue weighted by Crippen LogP contribution is 2.40. The van der Waals surface area contributed by atoms with Gasteiger partial charge in [0.2, 0.25) is 0 Å². The molecule has 1 heterocycles. The highest BCUT2D eigenvalue weighted by atomic mass is 35.5. The zero-order valence-corrected chi connectivity index (χ0v) is 21.1. The van der Waals surface area contributed by atoms with Crippen molar-refractivity contribution < 1.29 is 22.7 Å². The maximum Gasteiger partial charge on any atom is 0.416 e. The number of nitrogens with zero attached hydrogens (tertiary/aromatic N) is 2. The molecular formula is C27H23Cl2F3N2O2. The van der Waals surface area contributed by atoms with E-state index in [2.05, 4.69) is 0 Å². The lowest BCUT2D eigenvalue weighted by molar-refractivity contribution is -0.137. The molecule has 0 saturated heterocycles. The van der Waals surface area contributed by atoms with Crippen LogP contribution in [0.3, 0.4) is 0 Å². The van der Waals surface area contributed by atoms with Gasteiger partial charge < -0.3 is 14.2 Å². The van der Waals surface area contributed by atoms with Gasteiger partial charge in [-0.25, -0.2) is 4.79 Å². The lowest BCUT2D eigenvalue weighted by Gasteiger charge is -2.20. The lowest BCUT2D eigenvalue weighted by Crippen LogP contribution is -2.33. The molecule has 0 aliphatic rings. The van der Waals surface area contributed by atoms with Gasteiger partial charge in [-0.2, -0.15) is 13.2 Å². The molecule has 0 saturated carbocycles. The van der Waals surface area contributed by atoms with Gasteiger partial charge in [0.05, 0.1) is 5.56 Å². The van der Waals surface area contributed by atoms with E-state index in [1.54, 1.807) is 29.2 Å². The second-order valence-electron chi connectivity index (χ2n) is 8.21. The average Bonchev–Trinajstić information content (AvgIpc) is 3.21. The number of ether oxygens (including phenoxy) is 1. The number of carbonyl (C=O) groups is 1. The summed E-state index contributed by atoms with van der Waals surface area (Å²) in [5.41, 5.74) is 2.15. The normalized spacial score (nSPS) is 11.6. The Labute approximate surface area is 216 Å². The first-order chi connectivity index (χ1) is 17.1. The number of halogens is 5. The second kappa shape index (κ2) is 10.4. The Morgan fingerprint density at radius 2 is 1.58 bits per heavy atom. The number of amides is 1. The fourth-order valence-electron chi connectivity index (χ4n) is 4.11. The molecule has 0 spiro atoms. The molecule has 9 heteroatoms. The van der Waals surface area contributed by atoms with Crippen LogP contribution in [0.4, 0.5) is 18.0 Å². The van der Waals surface area contributed by atoms with Crippen LogP contribution in [-0.2, 0) is 12.7 Å². The summed E-state index contributed by atoms with van der Waals surface area (Å²) in [5.74, 6) is 0.352. The van der Waals surface area contributed by atoms with Crippen LogP contribution in [-0.4, -0.2) is 28.6 Å². The smallest absolute Gasteiger partial charge is 0.410 e. The van der Waals surface area contributed by atoms with Gasteiger partial charge in [-0.1, -0.05) is 35.3 Å². The molecule has 36 heavy (non-hydrogen) atoms. The first kappa shape index (κ1) is 25.9. The van der Waals surface area contributed by atoms with Crippen LogP contribution in [0.2, 0.25) is 10.0 Å². The van der Waals surface area contributed by atoms with Crippen molar-refractivity contribution in [2.24, 2.45) is 0 Å². The van der Waals surface area contributed by atoms with Crippen LogP contribution >= 0.6 is 23.2 Å². The Morgan fingerprint density at radius 1 is 0.944 bits per heavy atom. The number of hydrogen-bond donors (Lipinski definition) is 0. The van der Waals surface area contributed by atoms with Gasteiger partial charge in [0.1, 0.15) is 5.75 Å². The lowest BCUT2D eigenvalue weighted by atomic mass is 10.0. The third-order valence-electron chi connectivity index (χ3n) is 5.92. The molecule has 0 unspecified atom stereocenters. The monoisotopic (exact) mass is 534 g/mol. The fraction of sp³-hybridized carbons (Fsp3) is 0.222. The summed E-state index contributed by atoms with van der Waals surface area (Å²) in [5, 5.41) is 1.64. The van der Waals surface area contributed by atoms with Gasteiger partial charge in [-0.15, -0.1) is 0 Å². The number of benzene rings is 3. The first-order valence-electron chi connectivity index (χ1n) is 11.3. The minimum absolute atomic E-state index is 0.352. The van der Waals surface area contributed by atoms with Crippen LogP contribution in [0.1, 0.15) is 25.0 Å². The zero-order chi connectivity index (χ0) is 26.0. The van der Waals surface area contributed by atoms with E-state index < -0.39 is 17.8 Å². The highest BCUT2D eigenvalue weighted by molar-refractivity contribution is 6.35. The molecular weight excluding hydrogens is 512 g/mol. The van der Waals surface area contributed by atoms with E-state index in [0.29, 0.717) is 52.1 Å². The molecule has 188 valence electrons. The van der Waals surface area contributed by atoms with E-state index in [1.807, 2.05) is 36.7 Å². The van der Waals surface area contributed by atoms with Crippen molar-refractivity contribution in [3.63, 3.8) is 0 Å². The van der Waals surface area contributed by atoms with E-state index in [1.165, 1.54) is 12.1 Å². The molecule has 0 aliphatic carbocycles. The standard InChI is InChI=1S/C27H23Cl2F3N2O2/c1-3-33(4-2)26(35)36-24-10-9-23-22(25(24)18-13-20(28)15-21(29)14-18)11-12-34(23)16-17-5-7-19(8-6-17)27(30,31)32/h5-15H,3-4,16H2,1-2H3. The zero-order valence-electron chi connectivity index (χ0n) is 19.6. The number of alkyl halides is 3. The minimum atomic E-state index is -4.38. The van der Waals surface area contributed by atoms with E-state index in [-0.39, 0.29) is 0 Å². The van der Waals surface area contributed by atoms with Crippen molar-refractivity contribution in [1.82, 2.24) is 9.47 Å². The van der Waals surface area contributed by atoms with Crippen molar-refractivity contribution >= 4 is 40.2 Å². The summed E-state index contributed by atoms with van der Waals surface area (Å²) in [6.07, 6.45) is -3.02. The summed E-state index contributed by atoms with van der Waals surface area (Å²) in [7, 11) is 0. The molecule has 4 nitrogen and oxygen atoms in total. The Morgan fingerprint density at radius 3 is 2.17 bits per heavy atom. The number of aromatic nitrogens is 1. The summed E-state index contributed by atoms with van der Waals surface area (Å²) >= 11 is 12.6. The molecule has 0 aliphatic heterocycles. The number of hydrogen-bond acceptors (Lipinski definition) is 2. The van der Waals surface area contributed by atoms with Crippen molar-refractivity contribution in [2.75, 3.05) is 13.1 Å². The van der Waals surface area contributed by atoms with Gasteiger partial charge in [-0.05, 0) is 73.5 Å². The van der Waals surface area contributed by atoms with Gasteiger partial charge in [0.25, 0.3) is 0 Å². The molecule has 0 radical (unpaired) electrons. The van der Waals surface area contributed by atoms with E-state index in [9.17, 15) is 18.0 Å². The summed E-state index contributed by atoms with van der Waals surface area (Å²) < 4.78 is 46.5. The van der Waals surface area contributed by atoms with Gasteiger partial charge >= 0.3 is 12.3 Å². The highest BCUT2D eigenvalue weighted by Gasteiger charge is 2.30. The van der Waals surface area contributed by atoms with Crippen molar-refractivity contribution in [3.05, 3.63) is 88.0 Å². The summed E-state index contributed by atoms with van der Waals surface area (Å²) in [6.45, 7) is 5.09. The van der Waals surface area contributed by atoms with Gasteiger partial charge in [-0.3, -0.25) is 0 Å². The van der Waals surface area contributed by atoms with Gasteiger partial charge in [0.15, 0.2) is 0 Å². The Hall–Kier alpha value is -3.16. The third-order valence-corrected chi connectivity index (χ3v) is 6.36. The van der Waals surface area contributed by atoms with Crippen LogP contribution in [0.5, 0.6) is 5.75 Å². The number of rotatable bonds is 6. The molecule has 1 aromatic heterocycles. The first-order valence-corrected chi connectivity index (χ1v) is 12.1. The molecule has 0 atom stereocenters. The third kappa shape index (κ3) is 5.47. The fourth-order valence-corrected chi connectivity index (χ4v) is 4.63. The van der Waals surface area contributed by atoms with Crippen molar-refractivity contribution in [2.45, 2.75) is 26.6 Å². The topological polar surface area (TPSA) is 34.5 Å². The Kier molecular flexibility index (Phi) is 7.52. The van der Waals surface area contributed by atoms with Crippen LogP contribution < -0.4 is 4.74 Å². The predicted octanol–water partition coefficient (Wildman–Crippen LogP) is 8.52. The maximum absolute atomic E-state index is 12.9. The van der Waals surface area contributed by atoms with Crippen molar-refractivity contribution in [1.29, 1.82) is 0 Å². The van der Waals surface area contributed by atoms with Crippen LogP contribution in [0.15, 0.2) is 66.9 Å². The van der Waals surface area contributed by atoms with Crippen LogP contribution in [0.25, 0.3) is 22.0 Å². The SMILES string of the molecule is CCN(CC)C(=O)Oc1ccc2c(ccn2Cc2ccc(C(F)(F)F)cc2)c1-c1cc(Cl)cc(Cl)c1. The van der Waals surface area contributed by atoms with E-state index >= 15 is 0 Å². The molecule has 4 aromatic rings. The minimum Gasteiger partial charge on any atom is -0.410 e. The van der Waals surface area contributed by atoms with Crippen molar-refractivity contribution in [3.8, 4) is 16.9 Å². The molecule has 3 aromatic carbocycles. The quantitative estimate of drug-likeness (QED) is 0.248. The second-order valence-corrected chi connectivity index (χ2v) is 9.08. The molecule has 0 N–H and O–H groups in total. The van der Waals surface area contributed by atoms with E-state index in [0.717, 1.165) is 23.0 Å². The molecule has 4 rings (SSSR count). The summed E-state index contributed by atoms with van der Waals surface area (Å²) in [6, 6.07) is 15.6. The van der Waals surface area contributed by atoms with Crippen LogP contribution in [0, 0.1) is 0 Å². The average molecular weight is 535 g/mol. The maximum atomic E-state index is 12.9. The summed E-state index contributed by atoms with van der Waals surface area (Å²) in [4.78, 5) is 14.3. The molecule has 0 fully saturated rings. The largest absolute Gasteiger partial charge is 0.416 e.